The normalized spacial score (nSPS) is 10.2. The molecule has 0 spiro atoms. The fourth-order valence-electron chi connectivity index (χ4n) is 1.96. The van der Waals surface area contributed by atoms with Crippen molar-refractivity contribution in [2.45, 2.75) is 32.6 Å². The zero-order valence-electron chi connectivity index (χ0n) is 11.7. The van der Waals surface area contributed by atoms with E-state index in [0.29, 0.717) is 19.5 Å². The Morgan fingerprint density at radius 3 is 2.10 bits per heavy atom. The van der Waals surface area contributed by atoms with Crippen molar-refractivity contribution in [1.82, 2.24) is 0 Å². The van der Waals surface area contributed by atoms with E-state index in [1.807, 2.05) is 29.2 Å². The number of nitrogens with zero attached hydrogens (tertiary/aromatic N) is 1. The molecule has 0 radical (unpaired) electrons. The van der Waals surface area contributed by atoms with Crippen LogP contribution in [0.3, 0.4) is 0 Å². The minimum Gasteiger partial charge on any atom is -0.481 e. The SMILES string of the molecule is CCc1ccc(N(CCCC(=O)O)CCC(=O)O)cc1. The smallest absolute Gasteiger partial charge is 0.305 e. The highest BCUT2D eigenvalue weighted by Gasteiger charge is 2.09. The second-order valence-corrected chi connectivity index (χ2v) is 4.65. The van der Waals surface area contributed by atoms with Gasteiger partial charge in [-0.3, -0.25) is 9.59 Å². The van der Waals surface area contributed by atoms with E-state index in [4.69, 9.17) is 10.2 Å². The van der Waals surface area contributed by atoms with Gasteiger partial charge in [0.05, 0.1) is 6.42 Å². The van der Waals surface area contributed by atoms with E-state index < -0.39 is 11.9 Å². The fourth-order valence-corrected chi connectivity index (χ4v) is 1.96. The Labute approximate surface area is 118 Å². The van der Waals surface area contributed by atoms with Gasteiger partial charge in [0.2, 0.25) is 0 Å². The monoisotopic (exact) mass is 279 g/mol. The Kier molecular flexibility index (Phi) is 6.56. The van der Waals surface area contributed by atoms with Crippen molar-refractivity contribution in [2.75, 3.05) is 18.0 Å². The van der Waals surface area contributed by atoms with Crippen LogP contribution in [-0.2, 0) is 16.0 Å². The Hall–Kier alpha value is -2.04. The summed E-state index contributed by atoms with van der Waals surface area (Å²) in [4.78, 5) is 23.2. The van der Waals surface area contributed by atoms with E-state index in [1.54, 1.807) is 0 Å². The molecule has 20 heavy (non-hydrogen) atoms. The topological polar surface area (TPSA) is 77.8 Å². The van der Waals surface area contributed by atoms with E-state index in [1.165, 1.54) is 5.56 Å². The Balaban J connectivity index is 2.68. The highest BCUT2D eigenvalue weighted by atomic mass is 16.4. The van der Waals surface area contributed by atoms with E-state index >= 15 is 0 Å². The highest BCUT2D eigenvalue weighted by molar-refractivity contribution is 5.68. The first-order valence-corrected chi connectivity index (χ1v) is 6.80. The fraction of sp³-hybridized carbons (Fsp3) is 0.467. The maximum atomic E-state index is 10.7. The third-order valence-electron chi connectivity index (χ3n) is 3.12. The summed E-state index contributed by atoms with van der Waals surface area (Å²) >= 11 is 0. The van der Waals surface area contributed by atoms with Crippen molar-refractivity contribution in [3.8, 4) is 0 Å². The molecule has 110 valence electrons. The predicted octanol–water partition coefficient (Wildman–Crippen LogP) is 2.39. The van der Waals surface area contributed by atoms with E-state index in [9.17, 15) is 9.59 Å². The van der Waals surface area contributed by atoms with Crippen molar-refractivity contribution in [3.05, 3.63) is 29.8 Å². The second kappa shape index (κ2) is 8.19. The quantitative estimate of drug-likeness (QED) is 0.725. The van der Waals surface area contributed by atoms with Gasteiger partial charge in [0.25, 0.3) is 0 Å². The van der Waals surface area contributed by atoms with Crippen LogP contribution in [0.25, 0.3) is 0 Å². The first-order chi connectivity index (χ1) is 9.52. The number of rotatable bonds is 9. The summed E-state index contributed by atoms with van der Waals surface area (Å²) in [5.41, 5.74) is 2.16. The van der Waals surface area contributed by atoms with E-state index in [-0.39, 0.29) is 12.8 Å². The van der Waals surface area contributed by atoms with Crippen LogP contribution in [-0.4, -0.2) is 35.2 Å². The molecule has 0 heterocycles. The molecule has 5 heteroatoms. The maximum absolute atomic E-state index is 10.7. The van der Waals surface area contributed by atoms with Gasteiger partial charge in [0.15, 0.2) is 0 Å². The summed E-state index contributed by atoms with van der Waals surface area (Å²) in [5.74, 6) is -1.68. The number of carboxylic acid groups (broad SMARTS) is 2. The average Bonchev–Trinajstić information content (AvgIpc) is 2.42. The summed E-state index contributed by atoms with van der Waals surface area (Å²) in [6.07, 6.45) is 1.60. The van der Waals surface area contributed by atoms with Crippen molar-refractivity contribution >= 4 is 17.6 Å². The van der Waals surface area contributed by atoms with Gasteiger partial charge in [0, 0.05) is 25.2 Å². The lowest BCUT2D eigenvalue weighted by Crippen LogP contribution is -2.27. The molecule has 0 bridgehead atoms. The number of hydrogen-bond donors (Lipinski definition) is 2. The maximum Gasteiger partial charge on any atom is 0.305 e. The lowest BCUT2D eigenvalue weighted by molar-refractivity contribution is -0.138. The zero-order valence-corrected chi connectivity index (χ0v) is 11.7. The summed E-state index contributed by atoms with van der Waals surface area (Å²) in [6.45, 7) is 3.01. The van der Waals surface area contributed by atoms with Crippen LogP contribution < -0.4 is 4.90 Å². The number of aryl methyl sites for hydroxylation is 1. The first kappa shape index (κ1) is 16.0. The van der Waals surface area contributed by atoms with E-state index in [0.717, 1.165) is 12.1 Å². The molecular weight excluding hydrogens is 258 g/mol. The van der Waals surface area contributed by atoms with Gasteiger partial charge in [-0.25, -0.2) is 0 Å². The van der Waals surface area contributed by atoms with Gasteiger partial charge in [-0.15, -0.1) is 0 Å². The van der Waals surface area contributed by atoms with Gasteiger partial charge in [0.1, 0.15) is 0 Å². The molecule has 2 N–H and O–H groups in total. The number of aliphatic carboxylic acids is 2. The number of anilines is 1. The van der Waals surface area contributed by atoms with Gasteiger partial charge < -0.3 is 15.1 Å². The summed E-state index contributed by atoms with van der Waals surface area (Å²) in [6, 6.07) is 7.95. The third kappa shape index (κ3) is 5.73. The van der Waals surface area contributed by atoms with Crippen molar-refractivity contribution in [1.29, 1.82) is 0 Å². The molecule has 0 unspecified atom stereocenters. The molecule has 5 nitrogen and oxygen atoms in total. The standard InChI is InChI=1S/C15H21NO4/c1-2-12-5-7-13(8-6-12)16(11-9-15(19)20)10-3-4-14(17)18/h5-8H,2-4,9-11H2,1H3,(H,17,18)(H,19,20). The van der Waals surface area contributed by atoms with Crippen molar-refractivity contribution in [2.24, 2.45) is 0 Å². The minimum atomic E-state index is -0.849. The van der Waals surface area contributed by atoms with Crippen molar-refractivity contribution < 1.29 is 19.8 Å². The zero-order chi connectivity index (χ0) is 15.0. The number of carbonyl (C=O) groups is 2. The lowest BCUT2D eigenvalue weighted by atomic mass is 10.1. The number of benzene rings is 1. The molecule has 0 aliphatic rings. The summed E-state index contributed by atoms with van der Waals surface area (Å²) in [7, 11) is 0. The van der Waals surface area contributed by atoms with Gasteiger partial charge in [-0.05, 0) is 30.5 Å². The van der Waals surface area contributed by atoms with E-state index in [2.05, 4.69) is 6.92 Å². The molecule has 1 rings (SSSR count). The first-order valence-electron chi connectivity index (χ1n) is 6.80. The van der Waals surface area contributed by atoms with Gasteiger partial charge in [-0.2, -0.15) is 0 Å². The summed E-state index contributed by atoms with van der Waals surface area (Å²) < 4.78 is 0. The average molecular weight is 279 g/mol. The molecule has 0 amide bonds. The van der Waals surface area contributed by atoms with Crippen LogP contribution in [0.5, 0.6) is 0 Å². The second-order valence-electron chi connectivity index (χ2n) is 4.65. The Morgan fingerprint density at radius 1 is 1.00 bits per heavy atom. The summed E-state index contributed by atoms with van der Waals surface area (Å²) in [5, 5.41) is 17.5. The van der Waals surface area contributed by atoms with Crippen LogP contribution in [0.4, 0.5) is 5.69 Å². The number of hydrogen-bond acceptors (Lipinski definition) is 3. The van der Waals surface area contributed by atoms with Crippen LogP contribution in [0.2, 0.25) is 0 Å². The Bertz CT molecular complexity index is 442. The van der Waals surface area contributed by atoms with Crippen molar-refractivity contribution in [3.63, 3.8) is 0 Å². The van der Waals surface area contributed by atoms with Gasteiger partial charge >= 0.3 is 11.9 Å². The molecule has 1 aromatic carbocycles. The molecule has 0 saturated carbocycles. The predicted molar refractivity (Wildman–Crippen MR) is 77.2 cm³/mol. The third-order valence-corrected chi connectivity index (χ3v) is 3.12. The molecule has 1 aromatic rings. The van der Waals surface area contributed by atoms with Gasteiger partial charge in [-0.1, -0.05) is 19.1 Å². The minimum absolute atomic E-state index is 0.0442. The molecule has 0 saturated heterocycles. The van der Waals surface area contributed by atoms with Crippen LogP contribution in [0, 0.1) is 0 Å². The number of carboxylic acids is 2. The molecule has 0 atom stereocenters. The molecule has 0 fully saturated rings. The van der Waals surface area contributed by atoms with Crippen LogP contribution in [0.1, 0.15) is 31.7 Å². The molecule has 0 aromatic heterocycles. The molecular formula is C15H21NO4. The Morgan fingerprint density at radius 2 is 1.60 bits per heavy atom. The van der Waals surface area contributed by atoms with Crippen LogP contribution in [0.15, 0.2) is 24.3 Å². The largest absolute Gasteiger partial charge is 0.481 e. The molecule has 0 aliphatic heterocycles. The molecule has 0 aliphatic carbocycles. The lowest BCUT2D eigenvalue weighted by Gasteiger charge is -2.24. The van der Waals surface area contributed by atoms with Crippen LogP contribution >= 0.6 is 0 Å². The highest BCUT2D eigenvalue weighted by Crippen LogP contribution is 2.17.